The summed E-state index contributed by atoms with van der Waals surface area (Å²) in [5.41, 5.74) is -1.73. The van der Waals surface area contributed by atoms with Crippen LogP contribution in [0.15, 0.2) is 42.5 Å². The number of carbonyl (C=O) groups excluding carboxylic acids is 1. The SMILES string of the molecule is O=C(COc1cccc2ccccc12)N1CCC(O)(C(=O)O)CC1. The summed E-state index contributed by atoms with van der Waals surface area (Å²) in [5, 5.41) is 20.9. The Labute approximate surface area is 139 Å². The van der Waals surface area contributed by atoms with Gasteiger partial charge in [-0.2, -0.15) is 0 Å². The predicted molar refractivity (Wildman–Crippen MR) is 87.8 cm³/mol. The van der Waals surface area contributed by atoms with Gasteiger partial charge in [-0.3, -0.25) is 4.79 Å². The molecule has 0 atom stereocenters. The van der Waals surface area contributed by atoms with Gasteiger partial charge in [0.05, 0.1) is 0 Å². The van der Waals surface area contributed by atoms with Gasteiger partial charge in [0, 0.05) is 31.3 Å². The molecule has 6 heteroatoms. The monoisotopic (exact) mass is 329 g/mol. The third kappa shape index (κ3) is 3.19. The Balaban J connectivity index is 1.61. The molecule has 0 unspecified atom stereocenters. The molecule has 1 fully saturated rings. The van der Waals surface area contributed by atoms with Gasteiger partial charge in [-0.15, -0.1) is 0 Å². The highest BCUT2D eigenvalue weighted by atomic mass is 16.5. The fourth-order valence-electron chi connectivity index (χ4n) is 2.89. The van der Waals surface area contributed by atoms with E-state index >= 15 is 0 Å². The second-order valence-corrected chi connectivity index (χ2v) is 5.98. The second kappa shape index (κ2) is 6.49. The number of hydrogen-bond acceptors (Lipinski definition) is 4. The molecule has 24 heavy (non-hydrogen) atoms. The minimum absolute atomic E-state index is 0.0301. The van der Waals surface area contributed by atoms with Crippen LogP contribution in [0.2, 0.25) is 0 Å². The molecule has 1 heterocycles. The molecule has 0 aliphatic carbocycles. The van der Waals surface area contributed by atoms with E-state index in [1.54, 1.807) is 0 Å². The summed E-state index contributed by atoms with van der Waals surface area (Å²) in [6.07, 6.45) is 0.0602. The highest BCUT2D eigenvalue weighted by Crippen LogP contribution is 2.26. The summed E-state index contributed by atoms with van der Waals surface area (Å²) in [4.78, 5) is 24.8. The number of piperidine rings is 1. The Morgan fingerprint density at radius 1 is 1.08 bits per heavy atom. The topological polar surface area (TPSA) is 87.1 Å². The van der Waals surface area contributed by atoms with Gasteiger partial charge in [-0.1, -0.05) is 36.4 Å². The Morgan fingerprint density at radius 3 is 2.46 bits per heavy atom. The lowest BCUT2D eigenvalue weighted by Gasteiger charge is -2.35. The van der Waals surface area contributed by atoms with E-state index in [0.29, 0.717) is 5.75 Å². The average molecular weight is 329 g/mol. The minimum atomic E-state index is -1.73. The minimum Gasteiger partial charge on any atom is -0.483 e. The van der Waals surface area contributed by atoms with Crippen LogP contribution in [0.5, 0.6) is 5.75 Å². The van der Waals surface area contributed by atoms with Gasteiger partial charge in [0.15, 0.2) is 12.2 Å². The summed E-state index contributed by atoms with van der Waals surface area (Å²) < 4.78 is 5.66. The summed E-state index contributed by atoms with van der Waals surface area (Å²) in [6, 6.07) is 13.4. The van der Waals surface area contributed by atoms with Gasteiger partial charge in [0.1, 0.15) is 5.75 Å². The molecular weight excluding hydrogens is 310 g/mol. The smallest absolute Gasteiger partial charge is 0.335 e. The van der Waals surface area contributed by atoms with Crippen LogP contribution in [0.4, 0.5) is 0 Å². The number of amides is 1. The van der Waals surface area contributed by atoms with Crippen LogP contribution in [0, 0.1) is 0 Å². The highest BCUT2D eigenvalue weighted by Gasteiger charge is 2.40. The lowest BCUT2D eigenvalue weighted by atomic mass is 9.91. The molecule has 0 saturated carbocycles. The van der Waals surface area contributed by atoms with Crippen molar-refractivity contribution in [1.82, 2.24) is 4.90 Å². The van der Waals surface area contributed by atoms with E-state index in [2.05, 4.69) is 0 Å². The van der Waals surface area contributed by atoms with E-state index in [1.165, 1.54) is 4.90 Å². The molecule has 1 aliphatic heterocycles. The number of ether oxygens (including phenoxy) is 1. The first-order chi connectivity index (χ1) is 11.5. The maximum Gasteiger partial charge on any atom is 0.335 e. The number of benzene rings is 2. The fourth-order valence-corrected chi connectivity index (χ4v) is 2.89. The Morgan fingerprint density at radius 2 is 1.75 bits per heavy atom. The Kier molecular flexibility index (Phi) is 4.40. The zero-order valence-electron chi connectivity index (χ0n) is 13.1. The highest BCUT2D eigenvalue weighted by molar-refractivity contribution is 5.88. The molecule has 126 valence electrons. The average Bonchev–Trinajstić information content (AvgIpc) is 2.60. The molecule has 1 aliphatic rings. The summed E-state index contributed by atoms with van der Waals surface area (Å²) >= 11 is 0. The maximum atomic E-state index is 12.3. The molecule has 2 aromatic carbocycles. The number of nitrogens with zero attached hydrogens (tertiary/aromatic N) is 1. The van der Waals surface area contributed by atoms with Crippen molar-refractivity contribution in [2.24, 2.45) is 0 Å². The molecule has 3 rings (SSSR count). The number of carbonyl (C=O) groups is 2. The number of rotatable bonds is 4. The van der Waals surface area contributed by atoms with Crippen molar-refractivity contribution >= 4 is 22.6 Å². The standard InChI is InChI=1S/C18H19NO5/c20-16(19-10-8-18(23,9-11-19)17(21)22)12-24-15-7-3-5-13-4-1-2-6-14(13)15/h1-7,23H,8-12H2,(H,21,22). The van der Waals surface area contributed by atoms with Crippen molar-refractivity contribution in [3.63, 3.8) is 0 Å². The summed E-state index contributed by atoms with van der Waals surface area (Å²) in [5.74, 6) is -0.808. The quantitative estimate of drug-likeness (QED) is 0.891. The molecule has 0 radical (unpaired) electrons. The second-order valence-electron chi connectivity index (χ2n) is 5.98. The van der Waals surface area contributed by atoms with Crippen LogP contribution in [-0.4, -0.2) is 52.3 Å². The number of fused-ring (bicyclic) bond motifs is 1. The summed E-state index contributed by atoms with van der Waals surface area (Å²) in [6.45, 7) is 0.306. The van der Waals surface area contributed by atoms with Crippen LogP contribution >= 0.6 is 0 Å². The van der Waals surface area contributed by atoms with Crippen molar-refractivity contribution in [2.75, 3.05) is 19.7 Å². The van der Waals surface area contributed by atoms with Gasteiger partial charge in [0.2, 0.25) is 0 Å². The van der Waals surface area contributed by atoms with E-state index < -0.39 is 11.6 Å². The van der Waals surface area contributed by atoms with Crippen LogP contribution in [0.25, 0.3) is 10.8 Å². The van der Waals surface area contributed by atoms with Gasteiger partial charge in [-0.25, -0.2) is 4.79 Å². The third-order valence-corrected chi connectivity index (χ3v) is 4.44. The molecule has 0 spiro atoms. The van der Waals surface area contributed by atoms with Crippen molar-refractivity contribution < 1.29 is 24.5 Å². The first-order valence-corrected chi connectivity index (χ1v) is 7.84. The van der Waals surface area contributed by atoms with Crippen LogP contribution in [0.1, 0.15) is 12.8 Å². The van der Waals surface area contributed by atoms with Gasteiger partial charge < -0.3 is 19.8 Å². The zero-order valence-corrected chi connectivity index (χ0v) is 13.1. The number of likely N-dealkylation sites (tertiary alicyclic amines) is 1. The molecule has 1 amide bonds. The van der Waals surface area contributed by atoms with Crippen LogP contribution in [0.3, 0.4) is 0 Å². The largest absolute Gasteiger partial charge is 0.483 e. The lowest BCUT2D eigenvalue weighted by molar-refractivity contribution is -0.165. The molecule has 0 bridgehead atoms. The lowest BCUT2D eigenvalue weighted by Crippen LogP contribution is -2.51. The van der Waals surface area contributed by atoms with Gasteiger partial charge in [0.25, 0.3) is 5.91 Å². The zero-order chi connectivity index (χ0) is 17.2. The van der Waals surface area contributed by atoms with Crippen molar-refractivity contribution in [3.8, 4) is 5.75 Å². The Bertz CT molecular complexity index is 760. The fraction of sp³-hybridized carbons (Fsp3) is 0.333. The molecule has 6 nitrogen and oxygen atoms in total. The number of aliphatic hydroxyl groups is 1. The molecule has 1 saturated heterocycles. The normalized spacial score (nSPS) is 16.8. The number of carboxylic acid groups (broad SMARTS) is 1. The van der Waals surface area contributed by atoms with Crippen molar-refractivity contribution in [2.45, 2.75) is 18.4 Å². The van der Waals surface area contributed by atoms with E-state index in [1.807, 2.05) is 42.5 Å². The number of aliphatic carboxylic acids is 1. The predicted octanol–water partition coefficient (Wildman–Crippen LogP) is 1.66. The van der Waals surface area contributed by atoms with Gasteiger partial charge >= 0.3 is 5.97 Å². The van der Waals surface area contributed by atoms with E-state index in [9.17, 15) is 14.7 Å². The summed E-state index contributed by atoms with van der Waals surface area (Å²) in [7, 11) is 0. The van der Waals surface area contributed by atoms with E-state index in [0.717, 1.165) is 10.8 Å². The first kappa shape index (κ1) is 16.3. The van der Waals surface area contributed by atoms with Crippen molar-refractivity contribution in [1.29, 1.82) is 0 Å². The van der Waals surface area contributed by atoms with Gasteiger partial charge in [-0.05, 0) is 11.5 Å². The van der Waals surface area contributed by atoms with Crippen molar-refractivity contribution in [3.05, 3.63) is 42.5 Å². The maximum absolute atomic E-state index is 12.3. The molecular formula is C18H19NO5. The van der Waals surface area contributed by atoms with Crippen LogP contribution in [-0.2, 0) is 9.59 Å². The first-order valence-electron chi connectivity index (χ1n) is 7.84. The van der Waals surface area contributed by atoms with E-state index in [-0.39, 0.29) is 38.4 Å². The van der Waals surface area contributed by atoms with E-state index in [4.69, 9.17) is 9.84 Å². The number of hydrogen-bond donors (Lipinski definition) is 2. The Hall–Kier alpha value is -2.60. The molecule has 2 N–H and O–H groups in total. The molecule has 0 aromatic heterocycles. The third-order valence-electron chi connectivity index (χ3n) is 4.44. The number of carboxylic acids is 1. The molecule has 2 aromatic rings. The van der Waals surface area contributed by atoms with Crippen LogP contribution < -0.4 is 4.74 Å².